The zero-order chi connectivity index (χ0) is 12.8. The first-order valence-electron chi connectivity index (χ1n) is 5.66. The molecule has 0 saturated carbocycles. The molecular formula is C13H16N2OS2. The van der Waals surface area contributed by atoms with E-state index < -0.39 is 0 Å². The third-order valence-corrected chi connectivity index (χ3v) is 4.50. The predicted molar refractivity (Wildman–Crippen MR) is 77.4 cm³/mol. The van der Waals surface area contributed by atoms with Crippen molar-refractivity contribution in [3.05, 3.63) is 40.9 Å². The van der Waals surface area contributed by atoms with E-state index in [4.69, 9.17) is 4.74 Å². The van der Waals surface area contributed by atoms with E-state index in [0.29, 0.717) is 0 Å². The maximum atomic E-state index is 5.40. The molecule has 0 fully saturated rings. The van der Waals surface area contributed by atoms with Crippen LogP contribution in [0, 0.1) is 0 Å². The zero-order valence-corrected chi connectivity index (χ0v) is 12.1. The average Bonchev–Trinajstić information content (AvgIpc) is 2.90. The number of benzene rings is 1. The Bertz CT molecular complexity index is 486. The summed E-state index contributed by atoms with van der Waals surface area (Å²) in [6.07, 6.45) is 1.83. The minimum Gasteiger partial charge on any atom is -0.496 e. The van der Waals surface area contributed by atoms with Gasteiger partial charge in [-0.05, 0) is 24.7 Å². The van der Waals surface area contributed by atoms with Crippen LogP contribution >= 0.6 is 23.1 Å². The molecule has 0 atom stereocenters. The molecule has 0 aliphatic heterocycles. The van der Waals surface area contributed by atoms with Gasteiger partial charge in [-0.3, -0.25) is 0 Å². The Kier molecular flexibility index (Phi) is 5.04. The van der Waals surface area contributed by atoms with Crippen LogP contribution in [-0.2, 0) is 12.3 Å². The van der Waals surface area contributed by atoms with Crippen LogP contribution in [0.5, 0.6) is 5.75 Å². The van der Waals surface area contributed by atoms with Gasteiger partial charge in [0.15, 0.2) is 0 Å². The highest BCUT2D eigenvalue weighted by molar-refractivity contribution is 8.00. The van der Waals surface area contributed by atoms with E-state index in [1.54, 1.807) is 30.2 Å². The van der Waals surface area contributed by atoms with Gasteiger partial charge in [0.05, 0.1) is 7.11 Å². The Morgan fingerprint density at radius 1 is 1.44 bits per heavy atom. The standard InChI is InChI=1S/C13H16N2OS2/c1-14-8-10-3-4-12(16-2)11(7-10)9-18-13-15-5-6-17-13/h3-7,14H,8-9H2,1-2H3. The first-order valence-corrected chi connectivity index (χ1v) is 7.52. The summed E-state index contributed by atoms with van der Waals surface area (Å²) in [5.41, 5.74) is 2.48. The van der Waals surface area contributed by atoms with Crippen molar-refractivity contribution in [3.63, 3.8) is 0 Å². The smallest absolute Gasteiger partial charge is 0.150 e. The van der Waals surface area contributed by atoms with Crippen LogP contribution in [0.25, 0.3) is 0 Å². The lowest BCUT2D eigenvalue weighted by atomic mass is 10.1. The van der Waals surface area contributed by atoms with Gasteiger partial charge in [-0.2, -0.15) is 0 Å². The summed E-state index contributed by atoms with van der Waals surface area (Å²) in [5.74, 6) is 1.83. The molecule has 1 heterocycles. The third-order valence-electron chi connectivity index (χ3n) is 2.49. The molecule has 3 nitrogen and oxygen atoms in total. The Morgan fingerprint density at radius 2 is 2.33 bits per heavy atom. The Hall–Kier alpha value is -1.04. The molecule has 1 aromatic carbocycles. The van der Waals surface area contributed by atoms with E-state index >= 15 is 0 Å². The largest absolute Gasteiger partial charge is 0.496 e. The number of rotatable bonds is 6. The molecule has 18 heavy (non-hydrogen) atoms. The maximum Gasteiger partial charge on any atom is 0.150 e. The number of nitrogens with one attached hydrogen (secondary N) is 1. The van der Waals surface area contributed by atoms with Crippen LogP contribution < -0.4 is 10.1 Å². The monoisotopic (exact) mass is 280 g/mol. The van der Waals surface area contributed by atoms with Crippen LogP contribution in [0.15, 0.2) is 34.1 Å². The first-order chi connectivity index (χ1) is 8.83. The van der Waals surface area contributed by atoms with E-state index in [0.717, 1.165) is 22.4 Å². The molecule has 0 saturated heterocycles. The van der Waals surface area contributed by atoms with Crippen LogP contribution in [0.4, 0.5) is 0 Å². The molecule has 0 aliphatic rings. The molecule has 0 radical (unpaired) electrons. The van der Waals surface area contributed by atoms with Crippen molar-refractivity contribution in [2.45, 2.75) is 16.6 Å². The predicted octanol–water partition coefficient (Wildman–Crippen LogP) is 3.16. The number of ether oxygens (including phenoxy) is 1. The molecule has 1 N–H and O–H groups in total. The highest BCUT2D eigenvalue weighted by Crippen LogP contribution is 2.29. The highest BCUT2D eigenvalue weighted by Gasteiger charge is 2.06. The van der Waals surface area contributed by atoms with Crippen LogP contribution in [0.2, 0.25) is 0 Å². The van der Waals surface area contributed by atoms with E-state index in [2.05, 4.69) is 22.4 Å². The van der Waals surface area contributed by atoms with E-state index in [1.165, 1.54) is 11.1 Å². The minimum absolute atomic E-state index is 0.874. The third kappa shape index (κ3) is 3.48. The normalized spacial score (nSPS) is 10.6. The van der Waals surface area contributed by atoms with Crippen molar-refractivity contribution in [2.75, 3.05) is 14.2 Å². The van der Waals surface area contributed by atoms with Crippen molar-refractivity contribution >= 4 is 23.1 Å². The number of aromatic nitrogens is 1. The lowest BCUT2D eigenvalue weighted by Gasteiger charge is -2.10. The lowest BCUT2D eigenvalue weighted by Crippen LogP contribution is -2.05. The van der Waals surface area contributed by atoms with E-state index in [1.807, 2.05) is 24.7 Å². The second kappa shape index (κ2) is 6.78. The topological polar surface area (TPSA) is 34.1 Å². The number of hydrogen-bond acceptors (Lipinski definition) is 5. The van der Waals surface area contributed by atoms with Gasteiger partial charge in [0.25, 0.3) is 0 Å². The van der Waals surface area contributed by atoms with Crippen LogP contribution in [-0.4, -0.2) is 19.1 Å². The zero-order valence-electron chi connectivity index (χ0n) is 10.5. The van der Waals surface area contributed by atoms with Gasteiger partial charge in [0.1, 0.15) is 10.1 Å². The number of methoxy groups -OCH3 is 1. The number of thioether (sulfide) groups is 1. The Morgan fingerprint density at radius 3 is 3.00 bits per heavy atom. The van der Waals surface area contributed by atoms with Crippen LogP contribution in [0.3, 0.4) is 0 Å². The summed E-state index contributed by atoms with van der Waals surface area (Å²) in [5, 5.41) is 5.16. The summed E-state index contributed by atoms with van der Waals surface area (Å²) < 4.78 is 6.49. The molecular weight excluding hydrogens is 264 g/mol. The van der Waals surface area contributed by atoms with Crippen molar-refractivity contribution in [1.29, 1.82) is 0 Å². The average molecular weight is 280 g/mol. The van der Waals surface area contributed by atoms with E-state index in [9.17, 15) is 0 Å². The SMILES string of the molecule is CNCc1ccc(OC)c(CSc2nccs2)c1. The van der Waals surface area contributed by atoms with Crippen molar-refractivity contribution in [2.24, 2.45) is 0 Å². The van der Waals surface area contributed by atoms with Gasteiger partial charge in [-0.15, -0.1) is 11.3 Å². The summed E-state index contributed by atoms with van der Waals surface area (Å²) in [7, 11) is 3.67. The van der Waals surface area contributed by atoms with Gasteiger partial charge in [-0.1, -0.05) is 17.8 Å². The number of thiazole rings is 1. The van der Waals surface area contributed by atoms with Crippen molar-refractivity contribution < 1.29 is 4.74 Å². The summed E-state index contributed by atoms with van der Waals surface area (Å²) in [6.45, 7) is 0.874. The number of hydrogen-bond donors (Lipinski definition) is 1. The summed E-state index contributed by atoms with van der Waals surface area (Å²) >= 11 is 3.41. The molecule has 0 aliphatic carbocycles. The molecule has 5 heteroatoms. The van der Waals surface area contributed by atoms with Gasteiger partial charge < -0.3 is 10.1 Å². The van der Waals surface area contributed by atoms with Crippen LogP contribution in [0.1, 0.15) is 11.1 Å². The van der Waals surface area contributed by atoms with Crippen molar-refractivity contribution in [3.8, 4) is 5.75 Å². The number of nitrogens with zero attached hydrogens (tertiary/aromatic N) is 1. The van der Waals surface area contributed by atoms with Gasteiger partial charge in [0, 0.05) is 29.4 Å². The molecule has 2 aromatic rings. The molecule has 0 unspecified atom stereocenters. The fraction of sp³-hybridized carbons (Fsp3) is 0.308. The second-order valence-corrected chi connectivity index (χ2v) is 5.88. The maximum absolute atomic E-state index is 5.40. The first kappa shape index (κ1) is 13.4. The fourth-order valence-electron chi connectivity index (χ4n) is 1.68. The molecule has 0 bridgehead atoms. The molecule has 1 aromatic heterocycles. The summed E-state index contributed by atoms with van der Waals surface area (Å²) in [6, 6.07) is 6.31. The quantitative estimate of drug-likeness (QED) is 0.824. The fourth-order valence-corrected chi connectivity index (χ4v) is 3.30. The lowest BCUT2D eigenvalue weighted by molar-refractivity contribution is 0.411. The summed E-state index contributed by atoms with van der Waals surface area (Å²) in [4.78, 5) is 4.27. The van der Waals surface area contributed by atoms with Gasteiger partial charge in [0.2, 0.25) is 0 Å². The van der Waals surface area contributed by atoms with Gasteiger partial charge >= 0.3 is 0 Å². The minimum atomic E-state index is 0.874. The molecule has 0 amide bonds. The van der Waals surface area contributed by atoms with Gasteiger partial charge in [-0.25, -0.2) is 4.98 Å². The highest BCUT2D eigenvalue weighted by atomic mass is 32.2. The molecule has 2 rings (SSSR count). The molecule has 96 valence electrons. The van der Waals surface area contributed by atoms with E-state index in [-0.39, 0.29) is 0 Å². The Labute approximate surface area is 116 Å². The van der Waals surface area contributed by atoms with Crippen molar-refractivity contribution in [1.82, 2.24) is 10.3 Å². The second-order valence-electron chi connectivity index (χ2n) is 3.76. The Balaban J connectivity index is 2.10. The molecule has 0 spiro atoms.